The van der Waals surface area contributed by atoms with Gasteiger partial charge in [-0.15, -0.1) is 0 Å². The minimum absolute atomic E-state index is 0.248. The summed E-state index contributed by atoms with van der Waals surface area (Å²) in [5.41, 5.74) is 2.79. The van der Waals surface area contributed by atoms with Gasteiger partial charge in [-0.2, -0.15) is 0 Å². The standard InChI is InChI=1S/C19H23FN2O2/c1-14-7-8-15(2)18(13-14)24-12-11-22-19(23)21-10-9-16-5-3-4-6-17(16)20/h3-8,13H,9-12H2,1-2H3,(H2,21,22,23). The van der Waals surface area contributed by atoms with Crippen molar-refractivity contribution in [2.45, 2.75) is 20.3 Å². The molecule has 0 spiro atoms. The second kappa shape index (κ2) is 8.91. The Labute approximate surface area is 142 Å². The van der Waals surface area contributed by atoms with Gasteiger partial charge in [-0.1, -0.05) is 30.3 Å². The van der Waals surface area contributed by atoms with Crippen molar-refractivity contribution in [3.8, 4) is 5.75 Å². The van der Waals surface area contributed by atoms with Crippen molar-refractivity contribution < 1.29 is 13.9 Å². The van der Waals surface area contributed by atoms with Crippen LogP contribution in [-0.2, 0) is 6.42 Å². The maximum absolute atomic E-state index is 13.4. The molecule has 2 aromatic rings. The molecule has 128 valence electrons. The number of hydrogen-bond donors (Lipinski definition) is 2. The van der Waals surface area contributed by atoms with Gasteiger partial charge in [-0.05, 0) is 49.1 Å². The van der Waals surface area contributed by atoms with Gasteiger partial charge in [0.2, 0.25) is 0 Å². The van der Waals surface area contributed by atoms with E-state index in [4.69, 9.17) is 4.74 Å². The molecule has 0 atom stereocenters. The van der Waals surface area contributed by atoms with E-state index in [-0.39, 0.29) is 11.8 Å². The van der Waals surface area contributed by atoms with Gasteiger partial charge in [0.1, 0.15) is 18.2 Å². The third-order valence-corrected chi connectivity index (χ3v) is 3.63. The lowest BCUT2D eigenvalue weighted by Crippen LogP contribution is -2.38. The molecule has 0 radical (unpaired) electrons. The average molecular weight is 330 g/mol. The number of urea groups is 1. The maximum Gasteiger partial charge on any atom is 0.314 e. The molecule has 0 bridgehead atoms. The number of carbonyl (C=O) groups excluding carboxylic acids is 1. The van der Waals surface area contributed by atoms with E-state index in [1.54, 1.807) is 18.2 Å². The molecule has 5 heteroatoms. The van der Waals surface area contributed by atoms with Gasteiger partial charge in [0.25, 0.3) is 0 Å². The Morgan fingerprint density at radius 3 is 2.62 bits per heavy atom. The van der Waals surface area contributed by atoms with Crippen molar-refractivity contribution in [1.82, 2.24) is 10.6 Å². The highest BCUT2D eigenvalue weighted by molar-refractivity contribution is 5.73. The lowest BCUT2D eigenvalue weighted by atomic mass is 10.1. The summed E-state index contributed by atoms with van der Waals surface area (Å²) in [5.74, 6) is 0.582. The van der Waals surface area contributed by atoms with Gasteiger partial charge < -0.3 is 15.4 Å². The molecule has 24 heavy (non-hydrogen) atoms. The zero-order valence-electron chi connectivity index (χ0n) is 14.1. The Bertz CT molecular complexity index is 689. The van der Waals surface area contributed by atoms with Crippen LogP contribution >= 0.6 is 0 Å². The predicted molar refractivity (Wildman–Crippen MR) is 92.9 cm³/mol. The van der Waals surface area contributed by atoms with Crippen LogP contribution in [0.3, 0.4) is 0 Å². The lowest BCUT2D eigenvalue weighted by molar-refractivity contribution is 0.236. The van der Waals surface area contributed by atoms with Crippen molar-refractivity contribution >= 4 is 6.03 Å². The molecule has 0 heterocycles. The third kappa shape index (κ3) is 5.57. The smallest absolute Gasteiger partial charge is 0.314 e. The topological polar surface area (TPSA) is 50.4 Å². The number of ether oxygens (including phenoxy) is 1. The summed E-state index contributed by atoms with van der Waals surface area (Å²) in [6.45, 7) is 5.17. The number of carbonyl (C=O) groups is 1. The fourth-order valence-corrected chi connectivity index (χ4v) is 2.26. The maximum atomic E-state index is 13.4. The molecule has 4 nitrogen and oxygen atoms in total. The van der Waals surface area contributed by atoms with E-state index in [2.05, 4.69) is 10.6 Å². The quantitative estimate of drug-likeness (QED) is 0.765. The molecule has 0 unspecified atom stereocenters. The second-order valence-electron chi connectivity index (χ2n) is 5.64. The first kappa shape index (κ1) is 17.8. The summed E-state index contributed by atoms with van der Waals surface area (Å²) in [7, 11) is 0. The summed E-state index contributed by atoms with van der Waals surface area (Å²) in [6.07, 6.45) is 0.457. The molecule has 0 saturated heterocycles. The molecule has 0 aromatic heterocycles. The molecule has 0 aliphatic carbocycles. The SMILES string of the molecule is Cc1ccc(C)c(OCCNC(=O)NCCc2ccccc2F)c1. The molecule has 2 rings (SSSR count). The molecular formula is C19H23FN2O2. The Morgan fingerprint density at radius 2 is 1.83 bits per heavy atom. The molecule has 2 amide bonds. The first-order valence-electron chi connectivity index (χ1n) is 8.01. The van der Waals surface area contributed by atoms with E-state index in [1.165, 1.54) is 6.07 Å². The van der Waals surface area contributed by atoms with E-state index in [0.717, 1.165) is 16.9 Å². The Morgan fingerprint density at radius 1 is 1.08 bits per heavy atom. The van der Waals surface area contributed by atoms with Crippen LogP contribution in [0.2, 0.25) is 0 Å². The highest BCUT2D eigenvalue weighted by Gasteiger charge is 2.04. The Balaban J connectivity index is 1.63. The first-order valence-corrected chi connectivity index (χ1v) is 8.01. The Hall–Kier alpha value is -2.56. The van der Waals surface area contributed by atoms with Crippen molar-refractivity contribution in [1.29, 1.82) is 0 Å². The van der Waals surface area contributed by atoms with Gasteiger partial charge in [0, 0.05) is 6.54 Å². The highest BCUT2D eigenvalue weighted by atomic mass is 19.1. The van der Waals surface area contributed by atoms with Crippen LogP contribution in [-0.4, -0.2) is 25.7 Å². The van der Waals surface area contributed by atoms with Crippen molar-refractivity contribution in [3.63, 3.8) is 0 Å². The number of benzene rings is 2. The largest absolute Gasteiger partial charge is 0.491 e. The molecule has 0 aliphatic heterocycles. The summed E-state index contributed by atoms with van der Waals surface area (Å²) < 4.78 is 19.1. The van der Waals surface area contributed by atoms with Gasteiger partial charge in [0.05, 0.1) is 6.54 Å². The van der Waals surface area contributed by atoms with E-state index in [1.807, 2.05) is 32.0 Å². The second-order valence-corrected chi connectivity index (χ2v) is 5.64. The number of nitrogens with one attached hydrogen (secondary N) is 2. The molecule has 0 aliphatic rings. The molecule has 0 fully saturated rings. The van der Waals surface area contributed by atoms with Crippen LogP contribution in [0, 0.1) is 19.7 Å². The number of hydrogen-bond acceptors (Lipinski definition) is 2. The minimum Gasteiger partial charge on any atom is -0.491 e. The summed E-state index contributed by atoms with van der Waals surface area (Å²) >= 11 is 0. The normalized spacial score (nSPS) is 10.3. The van der Waals surface area contributed by atoms with Crippen molar-refractivity contribution in [3.05, 3.63) is 65.0 Å². The fraction of sp³-hybridized carbons (Fsp3) is 0.316. The van der Waals surface area contributed by atoms with Crippen LogP contribution in [0.15, 0.2) is 42.5 Å². The van der Waals surface area contributed by atoms with E-state index >= 15 is 0 Å². The zero-order valence-corrected chi connectivity index (χ0v) is 14.1. The van der Waals surface area contributed by atoms with Crippen LogP contribution < -0.4 is 15.4 Å². The first-order chi connectivity index (χ1) is 11.6. The van der Waals surface area contributed by atoms with Gasteiger partial charge in [0.15, 0.2) is 0 Å². The third-order valence-electron chi connectivity index (χ3n) is 3.63. The zero-order chi connectivity index (χ0) is 17.4. The number of aryl methyl sites for hydroxylation is 2. The van der Waals surface area contributed by atoms with Crippen LogP contribution in [0.5, 0.6) is 5.75 Å². The number of rotatable bonds is 7. The minimum atomic E-state index is -0.282. The molecular weight excluding hydrogens is 307 g/mol. The highest BCUT2D eigenvalue weighted by Crippen LogP contribution is 2.18. The molecule has 2 N–H and O–H groups in total. The number of halogens is 1. The van der Waals surface area contributed by atoms with Crippen LogP contribution in [0.4, 0.5) is 9.18 Å². The molecule has 0 saturated carbocycles. The van der Waals surface area contributed by atoms with Crippen LogP contribution in [0.1, 0.15) is 16.7 Å². The van der Waals surface area contributed by atoms with E-state index in [0.29, 0.717) is 31.7 Å². The summed E-state index contributed by atoms with van der Waals surface area (Å²) in [6, 6.07) is 12.3. The summed E-state index contributed by atoms with van der Waals surface area (Å²) in [4.78, 5) is 11.7. The summed E-state index contributed by atoms with van der Waals surface area (Å²) in [5, 5.41) is 5.42. The van der Waals surface area contributed by atoms with E-state index in [9.17, 15) is 9.18 Å². The van der Waals surface area contributed by atoms with Gasteiger partial charge in [-0.25, -0.2) is 9.18 Å². The monoisotopic (exact) mass is 330 g/mol. The van der Waals surface area contributed by atoms with Crippen molar-refractivity contribution in [2.75, 3.05) is 19.7 Å². The van der Waals surface area contributed by atoms with Crippen LogP contribution in [0.25, 0.3) is 0 Å². The predicted octanol–water partition coefficient (Wildman–Crippen LogP) is 3.36. The van der Waals surface area contributed by atoms with Gasteiger partial charge >= 0.3 is 6.03 Å². The fourth-order valence-electron chi connectivity index (χ4n) is 2.26. The average Bonchev–Trinajstić information content (AvgIpc) is 2.56. The Kier molecular flexibility index (Phi) is 6.61. The lowest BCUT2D eigenvalue weighted by Gasteiger charge is -2.11. The molecule has 2 aromatic carbocycles. The van der Waals surface area contributed by atoms with Gasteiger partial charge in [-0.3, -0.25) is 0 Å². The number of amides is 2. The van der Waals surface area contributed by atoms with E-state index < -0.39 is 0 Å². The van der Waals surface area contributed by atoms with Crippen molar-refractivity contribution in [2.24, 2.45) is 0 Å².